The summed E-state index contributed by atoms with van der Waals surface area (Å²) in [5.41, 5.74) is 1.77. The van der Waals surface area contributed by atoms with Gasteiger partial charge in [-0.05, 0) is 36.9 Å². The Labute approximate surface area is 163 Å². The van der Waals surface area contributed by atoms with Crippen LogP contribution >= 0.6 is 27.7 Å². The Morgan fingerprint density at radius 2 is 1.96 bits per heavy atom. The SMILES string of the molecule is CCCCCCCC[C@@H](Br)C(=O)Nc1c(SC)ccc2ncccc12. The molecule has 5 heteroatoms. The van der Waals surface area contributed by atoms with Crippen LogP contribution in [0.1, 0.15) is 51.9 Å². The van der Waals surface area contributed by atoms with Gasteiger partial charge >= 0.3 is 0 Å². The van der Waals surface area contributed by atoms with Gasteiger partial charge in [-0.3, -0.25) is 9.78 Å². The number of nitrogens with zero attached hydrogens (tertiary/aromatic N) is 1. The molecule has 3 nitrogen and oxygen atoms in total. The van der Waals surface area contributed by atoms with Crippen molar-refractivity contribution in [2.24, 2.45) is 0 Å². The molecule has 0 fully saturated rings. The zero-order valence-corrected chi connectivity index (χ0v) is 17.5. The number of thioether (sulfide) groups is 1. The van der Waals surface area contributed by atoms with Gasteiger partial charge in [-0.2, -0.15) is 0 Å². The molecule has 1 atom stereocenters. The number of alkyl halides is 1. The fraction of sp³-hybridized carbons (Fsp3) is 0.500. The summed E-state index contributed by atoms with van der Waals surface area (Å²) in [6.45, 7) is 2.23. The zero-order chi connectivity index (χ0) is 18.1. The summed E-state index contributed by atoms with van der Waals surface area (Å²) in [7, 11) is 0. The Bertz CT molecular complexity index is 692. The number of carbonyl (C=O) groups excluding carboxylic acids is 1. The van der Waals surface area contributed by atoms with Crippen LogP contribution in [0.5, 0.6) is 0 Å². The third-order valence-corrected chi connectivity index (χ3v) is 5.96. The molecule has 0 saturated carbocycles. The number of aromatic nitrogens is 1. The minimum absolute atomic E-state index is 0.0280. The van der Waals surface area contributed by atoms with E-state index in [4.69, 9.17) is 0 Å². The van der Waals surface area contributed by atoms with Gasteiger partial charge in [0.05, 0.1) is 16.0 Å². The van der Waals surface area contributed by atoms with Crippen LogP contribution < -0.4 is 5.32 Å². The maximum Gasteiger partial charge on any atom is 0.238 e. The molecule has 136 valence electrons. The number of hydrogen-bond acceptors (Lipinski definition) is 3. The zero-order valence-electron chi connectivity index (χ0n) is 15.1. The van der Waals surface area contributed by atoms with Crippen molar-refractivity contribution in [2.75, 3.05) is 11.6 Å². The molecule has 0 aliphatic heterocycles. The van der Waals surface area contributed by atoms with E-state index < -0.39 is 0 Å². The first-order valence-corrected chi connectivity index (χ1v) is 11.2. The maximum atomic E-state index is 12.6. The number of hydrogen-bond donors (Lipinski definition) is 1. The van der Waals surface area contributed by atoms with E-state index in [1.165, 1.54) is 32.1 Å². The van der Waals surface area contributed by atoms with Gasteiger partial charge in [0.25, 0.3) is 0 Å². The predicted molar refractivity (Wildman–Crippen MR) is 113 cm³/mol. The van der Waals surface area contributed by atoms with E-state index in [0.29, 0.717) is 0 Å². The molecule has 0 radical (unpaired) electrons. The molecule has 2 rings (SSSR count). The largest absolute Gasteiger partial charge is 0.324 e. The number of nitrogens with one attached hydrogen (secondary N) is 1. The molecule has 25 heavy (non-hydrogen) atoms. The molecule has 1 heterocycles. The number of unbranched alkanes of at least 4 members (excludes halogenated alkanes) is 5. The fourth-order valence-corrected chi connectivity index (χ4v) is 3.88. The molecule has 0 aliphatic rings. The minimum atomic E-state index is -0.152. The summed E-state index contributed by atoms with van der Waals surface area (Å²) < 4.78 is 0. The van der Waals surface area contributed by atoms with E-state index in [2.05, 4.69) is 33.2 Å². The molecule has 1 amide bonds. The lowest BCUT2D eigenvalue weighted by Gasteiger charge is -2.15. The Hall–Kier alpha value is -1.07. The molecule has 0 saturated heterocycles. The van der Waals surface area contributed by atoms with E-state index in [0.717, 1.165) is 34.3 Å². The highest BCUT2D eigenvalue weighted by Crippen LogP contribution is 2.33. The number of anilines is 1. The van der Waals surface area contributed by atoms with E-state index >= 15 is 0 Å². The van der Waals surface area contributed by atoms with Crippen molar-refractivity contribution in [1.82, 2.24) is 4.98 Å². The molecule has 0 unspecified atom stereocenters. The minimum Gasteiger partial charge on any atom is -0.324 e. The summed E-state index contributed by atoms with van der Waals surface area (Å²) in [5.74, 6) is 0.0280. The molecule has 0 aliphatic carbocycles. The van der Waals surface area contributed by atoms with Crippen LogP contribution in [0.2, 0.25) is 0 Å². The van der Waals surface area contributed by atoms with E-state index in [-0.39, 0.29) is 10.7 Å². The number of carbonyl (C=O) groups is 1. The first-order chi connectivity index (χ1) is 12.2. The normalized spacial score (nSPS) is 12.3. The van der Waals surface area contributed by atoms with Gasteiger partial charge in [0.15, 0.2) is 0 Å². The first kappa shape index (κ1) is 20.2. The van der Waals surface area contributed by atoms with Crippen molar-refractivity contribution in [2.45, 2.75) is 61.6 Å². The smallest absolute Gasteiger partial charge is 0.238 e. The Morgan fingerprint density at radius 1 is 1.20 bits per heavy atom. The second-order valence-corrected chi connectivity index (χ2v) is 8.18. The summed E-state index contributed by atoms with van der Waals surface area (Å²) in [6.07, 6.45) is 12.1. The summed E-state index contributed by atoms with van der Waals surface area (Å²) in [5, 5.41) is 4.11. The van der Waals surface area contributed by atoms with Gasteiger partial charge in [0, 0.05) is 16.5 Å². The van der Waals surface area contributed by atoms with Crippen LogP contribution in [0.4, 0.5) is 5.69 Å². The summed E-state index contributed by atoms with van der Waals surface area (Å²) in [6, 6.07) is 7.93. The van der Waals surface area contributed by atoms with Crippen LogP contribution in [0.25, 0.3) is 10.9 Å². The van der Waals surface area contributed by atoms with Gasteiger partial charge in [0.1, 0.15) is 0 Å². The number of rotatable bonds is 10. The van der Waals surface area contributed by atoms with Gasteiger partial charge in [0.2, 0.25) is 5.91 Å². The van der Waals surface area contributed by atoms with Crippen molar-refractivity contribution >= 4 is 50.2 Å². The molecule has 0 bridgehead atoms. The van der Waals surface area contributed by atoms with E-state index in [1.54, 1.807) is 18.0 Å². The third-order valence-electron chi connectivity index (χ3n) is 4.31. The van der Waals surface area contributed by atoms with Gasteiger partial charge in [-0.15, -0.1) is 11.8 Å². The monoisotopic (exact) mass is 422 g/mol. The molecule has 1 aromatic heterocycles. The number of benzene rings is 1. The Kier molecular flexibility index (Phi) is 8.76. The van der Waals surface area contributed by atoms with Gasteiger partial charge in [-0.25, -0.2) is 0 Å². The van der Waals surface area contributed by atoms with Gasteiger partial charge < -0.3 is 5.32 Å². The van der Waals surface area contributed by atoms with E-state index in [9.17, 15) is 4.79 Å². The summed E-state index contributed by atoms with van der Waals surface area (Å²) >= 11 is 5.19. The molecule has 2 aromatic rings. The highest BCUT2D eigenvalue weighted by atomic mass is 79.9. The first-order valence-electron chi connectivity index (χ1n) is 9.04. The van der Waals surface area contributed by atoms with Crippen LogP contribution in [-0.4, -0.2) is 22.0 Å². The number of halogens is 1. The molecule has 0 spiro atoms. The van der Waals surface area contributed by atoms with Crippen LogP contribution in [0.3, 0.4) is 0 Å². The lowest BCUT2D eigenvalue weighted by molar-refractivity contribution is -0.115. The van der Waals surface area contributed by atoms with Crippen molar-refractivity contribution in [1.29, 1.82) is 0 Å². The average Bonchev–Trinajstić information content (AvgIpc) is 2.64. The Morgan fingerprint density at radius 3 is 2.72 bits per heavy atom. The van der Waals surface area contributed by atoms with Crippen LogP contribution in [-0.2, 0) is 4.79 Å². The second kappa shape index (κ2) is 10.8. The van der Waals surface area contributed by atoms with Crippen molar-refractivity contribution < 1.29 is 4.79 Å². The average molecular weight is 423 g/mol. The summed E-state index contributed by atoms with van der Waals surface area (Å²) in [4.78, 5) is 17.9. The lowest BCUT2D eigenvalue weighted by Crippen LogP contribution is -2.23. The fourth-order valence-electron chi connectivity index (χ4n) is 2.87. The highest BCUT2D eigenvalue weighted by molar-refractivity contribution is 9.10. The highest BCUT2D eigenvalue weighted by Gasteiger charge is 2.17. The predicted octanol–water partition coefficient (Wildman–Crippen LogP) is 6.41. The number of amides is 1. The molecular weight excluding hydrogens is 396 g/mol. The standard InChI is InChI=1S/C20H27BrN2OS/c1-3-4-5-6-7-8-11-16(21)20(24)23-19-15-10-9-14-22-17(15)12-13-18(19)25-2/h9-10,12-14,16H,3-8,11H2,1-2H3,(H,23,24)/t16-/m1/s1. The van der Waals surface area contributed by atoms with E-state index in [1.807, 2.05) is 30.5 Å². The van der Waals surface area contributed by atoms with Gasteiger partial charge in [-0.1, -0.05) is 61.4 Å². The lowest BCUT2D eigenvalue weighted by atomic mass is 10.1. The molecule has 1 aromatic carbocycles. The number of pyridine rings is 1. The topological polar surface area (TPSA) is 42.0 Å². The molecule has 1 N–H and O–H groups in total. The number of fused-ring (bicyclic) bond motifs is 1. The van der Waals surface area contributed by atoms with Crippen molar-refractivity contribution in [3.63, 3.8) is 0 Å². The Balaban J connectivity index is 1.96. The second-order valence-electron chi connectivity index (χ2n) is 6.23. The van der Waals surface area contributed by atoms with Crippen molar-refractivity contribution in [3.05, 3.63) is 30.5 Å². The van der Waals surface area contributed by atoms with Crippen LogP contribution in [0.15, 0.2) is 35.4 Å². The molecular formula is C20H27BrN2OS. The van der Waals surface area contributed by atoms with Crippen molar-refractivity contribution in [3.8, 4) is 0 Å². The van der Waals surface area contributed by atoms with Crippen LogP contribution in [0, 0.1) is 0 Å². The maximum absolute atomic E-state index is 12.6. The quantitative estimate of drug-likeness (QED) is 0.273. The third kappa shape index (κ3) is 6.00.